The van der Waals surface area contributed by atoms with Gasteiger partial charge in [-0.2, -0.15) is 0 Å². The van der Waals surface area contributed by atoms with Crippen LogP contribution in [0.3, 0.4) is 0 Å². The molecule has 1 fully saturated rings. The molecular formula is C23H18FN3O3S. The van der Waals surface area contributed by atoms with Gasteiger partial charge < -0.3 is 15.5 Å². The number of rotatable bonds is 3. The van der Waals surface area contributed by atoms with Crippen molar-refractivity contribution in [3.63, 3.8) is 0 Å². The third kappa shape index (κ3) is 3.48. The molecule has 1 saturated heterocycles. The number of carbonyl (C=O) groups is 3. The number of anilines is 1. The van der Waals surface area contributed by atoms with E-state index >= 15 is 0 Å². The molecule has 2 aliphatic heterocycles. The van der Waals surface area contributed by atoms with E-state index in [0.717, 1.165) is 16.5 Å². The van der Waals surface area contributed by atoms with Crippen LogP contribution in [-0.4, -0.2) is 41.2 Å². The van der Waals surface area contributed by atoms with Gasteiger partial charge in [-0.15, -0.1) is 11.3 Å². The second-order valence-electron chi connectivity index (χ2n) is 7.55. The molecule has 2 atom stereocenters. The van der Waals surface area contributed by atoms with Crippen LogP contribution in [-0.2, 0) is 4.79 Å². The van der Waals surface area contributed by atoms with Gasteiger partial charge in [0, 0.05) is 17.0 Å². The average molecular weight is 435 g/mol. The zero-order valence-corrected chi connectivity index (χ0v) is 17.1. The quantitative estimate of drug-likeness (QED) is 0.661. The summed E-state index contributed by atoms with van der Waals surface area (Å²) in [7, 11) is 0. The van der Waals surface area contributed by atoms with E-state index in [9.17, 15) is 18.8 Å². The molecule has 2 N–H and O–H groups in total. The topological polar surface area (TPSA) is 78.5 Å². The summed E-state index contributed by atoms with van der Waals surface area (Å²) < 4.78 is 13.5. The van der Waals surface area contributed by atoms with Gasteiger partial charge >= 0.3 is 0 Å². The molecule has 8 heteroatoms. The van der Waals surface area contributed by atoms with Gasteiger partial charge in [-0.25, -0.2) is 4.39 Å². The Balaban J connectivity index is 1.42. The number of amides is 3. The van der Waals surface area contributed by atoms with Crippen LogP contribution in [0.25, 0.3) is 10.4 Å². The van der Waals surface area contributed by atoms with Crippen LogP contribution in [0, 0.1) is 5.82 Å². The number of nitrogens with zero attached hydrogens (tertiary/aromatic N) is 1. The number of thiophene rings is 1. The average Bonchev–Trinajstić information content (AvgIpc) is 3.42. The van der Waals surface area contributed by atoms with E-state index in [0.29, 0.717) is 24.2 Å². The molecule has 3 heterocycles. The molecule has 3 amide bonds. The fourth-order valence-electron chi connectivity index (χ4n) is 4.16. The molecule has 2 aliphatic rings. The smallest absolute Gasteiger partial charge is 0.256 e. The van der Waals surface area contributed by atoms with Gasteiger partial charge in [0.25, 0.3) is 11.8 Å². The van der Waals surface area contributed by atoms with Crippen molar-refractivity contribution < 1.29 is 18.8 Å². The summed E-state index contributed by atoms with van der Waals surface area (Å²) in [4.78, 5) is 41.4. The second kappa shape index (κ2) is 7.63. The van der Waals surface area contributed by atoms with Crippen LogP contribution in [0.1, 0.15) is 27.1 Å². The highest BCUT2D eigenvalue weighted by atomic mass is 32.1. The van der Waals surface area contributed by atoms with Crippen LogP contribution in [0.4, 0.5) is 10.1 Å². The molecule has 6 nitrogen and oxygen atoms in total. The van der Waals surface area contributed by atoms with Gasteiger partial charge in [-0.05, 0) is 53.8 Å². The molecule has 0 saturated carbocycles. The molecule has 0 aliphatic carbocycles. The predicted octanol–water partition coefficient (Wildman–Crippen LogP) is 3.52. The third-order valence-corrected chi connectivity index (χ3v) is 6.56. The van der Waals surface area contributed by atoms with Crippen molar-refractivity contribution in [1.29, 1.82) is 0 Å². The van der Waals surface area contributed by atoms with Crippen LogP contribution < -0.4 is 10.6 Å². The van der Waals surface area contributed by atoms with E-state index in [1.54, 1.807) is 23.5 Å². The van der Waals surface area contributed by atoms with Crippen molar-refractivity contribution in [2.24, 2.45) is 0 Å². The molecule has 1 aromatic heterocycles. The summed E-state index contributed by atoms with van der Waals surface area (Å²) in [6.45, 7) is 0.341. The number of carbonyl (C=O) groups excluding carboxylic acids is 3. The minimum atomic E-state index is -0.831. The number of hydrogen-bond acceptors (Lipinski definition) is 4. The van der Waals surface area contributed by atoms with Crippen LogP contribution >= 0.6 is 11.3 Å². The maximum absolute atomic E-state index is 13.5. The Bertz CT molecular complexity index is 1190. The molecule has 3 aromatic rings. The molecule has 0 unspecified atom stereocenters. The lowest BCUT2D eigenvalue weighted by molar-refractivity contribution is -0.120. The van der Waals surface area contributed by atoms with E-state index < -0.39 is 23.8 Å². The van der Waals surface area contributed by atoms with Gasteiger partial charge in [0.2, 0.25) is 5.91 Å². The van der Waals surface area contributed by atoms with E-state index in [4.69, 9.17) is 0 Å². The molecule has 0 bridgehead atoms. The Kier molecular flexibility index (Phi) is 4.78. The normalized spacial score (nSPS) is 20.0. The summed E-state index contributed by atoms with van der Waals surface area (Å²) in [5, 5.41) is 7.61. The molecular weight excluding hydrogens is 417 g/mol. The first kappa shape index (κ1) is 19.4. The maximum atomic E-state index is 13.5. The monoisotopic (exact) mass is 435 g/mol. The Labute approximate surface area is 181 Å². The fourth-order valence-corrected chi connectivity index (χ4v) is 4.89. The van der Waals surface area contributed by atoms with E-state index in [1.807, 2.05) is 23.6 Å². The standard InChI is InChI=1S/C23H18FN3O3S/c24-15-4-1-3-14(11-15)21(28)26-18-8-9-27-20(18)22(29)25-17-7-6-13(12-16(17)23(27)30)19-5-2-10-31-19/h1-7,10-12,18,20H,8-9H2,(H,25,29)(H,26,28)/t18-,20+/m1/s1. The summed E-state index contributed by atoms with van der Waals surface area (Å²) in [6.07, 6.45) is 0.435. The van der Waals surface area contributed by atoms with Gasteiger partial charge in [-0.1, -0.05) is 18.2 Å². The lowest BCUT2D eigenvalue weighted by Crippen LogP contribution is -2.51. The van der Waals surface area contributed by atoms with Crippen molar-refractivity contribution in [3.05, 3.63) is 76.9 Å². The number of benzene rings is 2. The number of hydrogen-bond donors (Lipinski definition) is 2. The van der Waals surface area contributed by atoms with Gasteiger partial charge in [0.1, 0.15) is 11.9 Å². The van der Waals surface area contributed by atoms with Crippen molar-refractivity contribution in [2.75, 3.05) is 11.9 Å². The summed E-state index contributed by atoms with van der Waals surface area (Å²) >= 11 is 1.57. The molecule has 0 radical (unpaired) electrons. The molecule has 156 valence electrons. The highest BCUT2D eigenvalue weighted by Gasteiger charge is 2.45. The first-order valence-electron chi connectivity index (χ1n) is 9.87. The Morgan fingerprint density at radius 2 is 2.00 bits per heavy atom. The minimum absolute atomic E-state index is 0.169. The fraction of sp³-hybridized carbons (Fsp3) is 0.174. The van der Waals surface area contributed by atoms with Crippen molar-refractivity contribution in [2.45, 2.75) is 18.5 Å². The SMILES string of the molecule is O=C(N[C@@H]1CCN2C(=O)c3cc(-c4cccs4)ccc3NC(=O)[C@H]12)c1cccc(F)c1. The molecule has 5 rings (SSSR count). The zero-order chi connectivity index (χ0) is 21.5. The Morgan fingerprint density at radius 1 is 1.13 bits per heavy atom. The highest BCUT2D eigenvalue weighted by Crippen LogP contribution is 2.33. The zero-order valence-electron chi connectivity index (χ0n) is 16.3. The lowest BCUT2D eigenvalue weighted by Gasteiger charge is -2.25. The summed E-state index contributed by atoms with van der Waals surface area (Å²) in [5.41, 5.74) is 1.96. The van der Waals surface area contributed by atoms with Crippen LogP contribution in [0.2, 0.25) is 0 Å². The summed E-state index contributed by atoms with van der Waals surface area (Å²) in [6, 6.07) is 13.3. The summed E-state index contributed by atoms with van der Waals surface area (Å²) in [5.74, 6) is -1.59. The van der Waals surface area contributed by atoms with Crippen molar-refractivity contribution in [3.8, 4) is 10.4 Å². The van der Waals surface area contributed by atoms with E-state index in [-0.39, 0.29) is 17.4 Å². The van der Waals surface area contributed by atoms with Crippen molar-refractivity contribution in [1.82, 2.24) is 10.2 Å². The minimum Gasteiger partial charge on any atom is -0.347 e. The van der Waals surface area contributed by atoms with Gasteiger partial charge in [0.15, 0.2) is 0 Å². The lowest BCUT2D eigenvalue weighted by atomic mass is 10.1. The third-order valence-electron chi connectivity index (χ3n) is 5.64. The first-order chi connectivity index (χ1) is 15.0. The van der Waals surface area contributed by atoms with E-state index in [2.05, 4.69) is 10.6 Å². The van der Waals surface area contributed by atoms with Crippen LogP contribution in [0.5, 0.6) is 0 Å². The van der Waals surface area contributed by atoms with Crippen molar-refractivity contribution >= 4 is 34.7 Å². The first-order valence-corrected chi connectivity index (χ1v) is 10.8. The Hall–Kier alpha value is -3.52. The molecule has 2 aromatic carbocycles. The van der Waals surface area contributed by atoms with Crippen LogP contribution in [0.15, 0.2) is 60.0 Å². The maximum Gasteiger partial charge on any atom is 0.256 e. The Morgan fingerprint density at radius 3 is 2.77 bits per heavy atom. The molecule has 31 heavy (non-hydrogen) atoms. The highest BCUT2D eigenvalue weighted by molar-refractivity contribution is 7.13. The second-order valence-corrected chi connectivity index (χ2v) is 8.50. The predicted molar refractivity (Wildman–Crippen MR) is 115 cm³/mol. The van der Waals surface area contributed by atoms with E-state index in [1.165, 1.54) is 23.1 Å². The van der Waals surface area contributed by atoms with Gasteiger partial charge in [-0.3, -0.25) is 14.4 Å². The molecule has 0 spiro atoms. The number of halogens is 1. The number of nitrogens with one attached hydrogen (secondary N) is 2. The van der Waals surface area contributed by atoms with Gasteiger partial charge in [0.05, 0.1) is 17.3 Å². The largest absolute Gasteiger partial charge is 0.347 e. The number of fused-ring (bicyclic) bond motifs is 2.